The molecule has 12 heavy (non-hydrogen) atoms. The van der Waals surface area contributed by atoms with Gasteiger partial charge in [0, 0.05) is 24.2 Å². The Hall–Kier alpha value is -0.930. The maximum absolute atomic E-state index is 10.7. The Morgan fingerprint density at radius 1 is 1.58 bits per heavy atom. The van der Waals surface area contributed by atoms with Crippen LogP contribution in [0.1, 0.15) is 32.6 Å². The van der Waals surface area contributed by atoms with E-state index in [9.17, 15) is 14.9 Å². The first-order valence-corrected chi connectivity index (χ1v) is 4.22. The van der Waals surface area contributed by atoms with Crippen molar-refractivity contribution in [3.05, 3.63) is 10.1 Å². The number of carbonyl (C=O) groups is 1. The minimum atomic E-state index is -0.394. The van der Waals surface area contributed by atoms with Gasteiger partial charge in [0.1, 0.15) is 5.78 Å². The lowest BCUT2D eigenvalue weighted by molar-refractivity contribution is -0.520. The summed E-state index contributed by atoms with van der Waals surface area (Å²) in [6.07, 6.45) is 2.59. The summed E-state index contributed by atoms with van der Waals surface area (Å²) >= 11 is 0. The van der Waals surface area contributed by atoms with Gasteiger partial charge in [-0.3, -0.25) is 10.1 Å². The Bertz CT molecular complexity index is 202. The molecule has 0 aromatic heterocycles. The summed E-state index contributed by atoms with van der Waals surface area (Å²) in [4.78, 5) is 20.8. The van der Waals surface area contributed by atoms with E-state index in [0.717, 1.165) is 6.42 Å². The van der Waals surface area contributed by atoms with Crippen LogP contribution in [0.15, 0.2) is 0 Å². The Kier molecular flexibility index (Phi) is 2.78. The van der Waals surface area contributed by atoms with E-state index in [4.69, 9.17) is 0 Å². The number of carbonyl (C=O) groups excluding carboxylic acids is 1. The smallest absolute Gasteiger partial charge is 0.213 e. The van der Waals surface area contributed by atoms with Gasteiger partial charge in [-0.2, -0.15) is 0 Å². The molecule has 2 unspecified atom stereocenters. The second kappa shape index (κ2) is 3.65. The van der Waals surface area contributed by atoms with E-state index in [2.05, 4.69) is 0 Å². The molecular formula is C8H13NO3. The van der Waals surface area contributed by atoms with Crippen molar-refractivity contribution in [3.8, 4) is 0 Å². The molecule has 0 aliphatic heterocycles. The molecular weight excluding hydrogens is 158 g/mol. The fourth-order valence-electron chi connectivity index (χ4n) is 1.83. The highest BCUT2D eigenvalue weighted by atomic mass is 16.6. The third-order valence-corrected chi connectivity index (χ3v) is 2.39. The van der Waals surface area contributed by atoms with Crippen LogP contribution in [-0.4, -0.2) is 16.7 Å². The molecule has 0 bridgehead atoms. The molecule has 4 heteroatoms. The summed E-state index contributed by atoms with van der Waals surface area (Å²) in [5, 5.41) is 10.4. The summed E-state index contributed by atoms with van der Waals surface area (Å²) in [5.41, 5.74) is 0. The second-order valence-corrected chi connectivity index (χ2v) is 3.52. The highest BCUT2D eigenvalue weighted by Crippen LogP contribution is 2.29. The SMILES string of the molecule is CC(=O)CC1CCC([N+](=O)[O-])C1. The molecule has 1 saturated carbocycles. The van der Waals surface area contributed by atoms with Gasteiger partial charge in [0.05, 0.1) is 0 Å². The van der Waals surface area contributed by atoms with Gasteiger partial charge in [0.25, 0.3) is 0 Å². The molecule has 0 saturated heterocycles. The lowest BCUT2D eigenvalue weighted by Gasteiger charge is -2.03. The van der Waals surface area contributed by atoms with Crippen molar-refractivity contribution in [1.29, 1.82) is 0 Å². The van der Waals surface area contributed by atoms with Gasteiger partial charge >= 0.3 is 0 Å². The summed E-state index contributed by atoms with van der Waals surface area (Å²) < 4.78 is 0. The van der Waals surface area contributed by atoms with Crippen molar-refractivity contribution in [2.45, 2.75) is 38.6 Å². The third-order valence-electron chi connectivity index (χ3n) is 2.39. The van der Waals surface area contributed by atoms with E-state index in [0.29, 0.717) is 19.3 Å². The van der Waals surface area contributed by atoms with Gasteiger partial charge in [0.2, 0.25) is 6.04 Å². The molecule has 68 valence electrons. The lowest BCUT2D eigenvalue weighted by atomic mass is 10.0. The maximum Gasteiger partial charge on any atom is 0.213 e. The largest absolute Gasteiger partial charge is 0.300 e. The van der Waals surface area contributed by atoms with Crippen LogP contribution in [0.3, 0.4) is 0 Å². The Labute approximate surface area is 71.1 Å². The van der Waals surface area contributed by atoms with Gasteiger partial charge in [-0.1, -0.05) is 0 Å². The van der Waals surface area contributed by atoms with Crippen LogP contribution in [0, 0.1) is 16.0 Å². The van der Waals surface area contributed by atoms with Crippen molar-refractivity contribution in [1.82, 2.24) is 0 Å². The number of hydrogen-bond acceptors (Lipinski definition) is 3. The second-order valence-electron chi connectivity index (χ2n) is 3.52. The first kappa shape index (κ1) is 9.16. The normalized spacial score (nSPS) is 28.8. The van der Waals surface area contributed by atoms with Crippen LogP contribution in [0.4, 0.5) is 0 Å². The zero-order valence-electron chi connectivity index (χ0n) is 7.16. The Morgan fingerprint density at radius 3 is 2.67 bits per heavy atom. The van der Waals surface area contributed by atoms with Crippen molar-refractivity contribution in [2.24, 2.45) is 5.92 Å². The van der Waals surface area contributed by atoms with Crippen LogP contribution < -0.4 is 0 Å². The minimum Gasteiger partial charge on any atom is -0.300 e. The van der Waals surface area contributed by atoms with E-state index in [1.165, 1.54) is 0 Å². The van der Waals surface area contributed by atoms with Crippen LogP contribution in [-0.2, 0) is 4.79 Å². The highest BCUT2D eigenvalue weighted by Gasteiger charge is 2.32. The Balaban J connectivity index is 2.35. The predicted octanol–water partition coefficient (Wildman–Crippen LogP) is 1.41. The van der Waals surface area contributed by atoms with Crippen molar-refractivity contribution < 1.29 is 9.72 Å². The molecule has 0 radical (unpaired) electrons. The van der Waals surface area contributed by atoms with Crippen molar-refractivity contribution in [2.75, 3.05) is 0 Å². The number of nitrogens with zero attached hydrogens (tertiary/aromatic N) is 1. The van der Waals surface area contributed by atoms with Crippen molar-refractivity contribution in [3.63, 3.8) is 0 Å². The first-order chi connectivity index (χ1) is 5.59. The summed E-state index contributed by atoms with van der Waals surface area (Å²) in [7, 11) is 0. The van der Waals surface area contributed by atoms with Gasteiger partial charge in [0.15, 0.2) is 0 Å². The molecule has 1 fully saturated rings. The molecule has 0 aromatic carbocycles. The molecule has 0 N–H and O–H groups in total. The van der Waals surface area contributed by atoms with E-state index in [1.807, 2.05) is 0 Å². The molecule has 0 heterocycles. The van der Waals surface area contributed by atoms with E-state index < -0.39 is 6.04 Å². The van der Waals surface area contributed by atoms with E-state index >= 15 is 0 Å². The molecule has 0 aromatic rings. The molecule has 1 aliphatic rings. The summed E-state index contributed by atoms with van der Waals surface area (Å²) in [6, 6.07) is -0.394. The van der Waals surface area contributed by atoms with Gasteiger partial charge in [-0.05, 0) is 19.3 Å². The lowest BCUT2D eigenvalue weighted by Crippen LogP contribution is -2.15. The number of Topliss-reactive ketones (excluding diaryl/α,β-unsaturated/α-hetero) is 1. The maximum atomic E-state index is 10.7. The van der Waals surface area contributed by atoms with Gasteiger partial charge in [-0.15, -0.1) is 0 Å². The topological polar surface area (TPSA) is 60.2 Å². The fourth-order valence-corrected chi connectivity index (χ4v) is 1.83. The number of hydrogen-bond donors (Lipinski definition) is 0. The third kappa shape index (κ3) is 2.29. The van der Waals surface area contributed by atoms with Gasteiger partial charge < -0.3 is 4.79 Å². The van der Waals surface area contributed by atoms with Crippen LogP contribution in [0.5, 0.6) is 0 Å². The number of nitro groups is 1. The average molecular weight is 171 g/mol. The highest BCUT2D eigenvalue weighted by molar-refractivity contribution is 5.75. The number of rotatable bonds is 3. The van der Waals surface area contributed by atoms with Crippen LogP contribution in [0.2, 0.25) is 0 Å². The summed E-state index contributed by atoms with van der Waals surface area (Å²) in [6.45, 7) is 1.54. The van der Waals surface area contributed by atoms with Crippen LogP contribution in [0.25, 0.3) is 0 Å². The monoisotopic (exact) mass is 171 g/mol. The van der Waals surface area contributed by atoms with E-state index in [-0.39, 0.29) is 16.6 Å². The standard InChI is InChI=1S/C8H13NO3/c1-6(10)4-7-2-3-8(5-7)9(11)12/h7-8H,2-5H2,1H3. The van der Waals surface area contributed by atoms with Crippen molar-refractivity contribution >= 4 is 5.78 Å². The zero-order chi connectivity index (χ0) is 9.14. The quantitative estimate of drug-likeness (QED) is 0.476. The number of ketones is 1. The summed E-state index contributed by atoms with van der Waals surface area (Å²) in [5.74, 6) is 0.405. The molecule has 4 nitrogen and oxygen atoms in total. The van der Waals surface area contributed by atoms with Crippen LogP contribution >= 0.6 is 0 Å². The minimum absolute atomic E-state index is 0.143. The average Bonchev–Trinajstić information content (AvgIpc) is 2.34. The molecule has 0 amide bonds. The van der Waals surface area contributed by atoms with E-state index in [1.54, 1.807) is 6.92 Å². The molecule has 1 aliphatic carbocycles. The molecule has 2 atom stereocenters. The fraction of sp³-hybridized carbons (Fsp3) is 0.875. The molecule has 0 spiro atoms. The zero-order valence-corrected chi connectivity index (χ0v) is 7.16. The predicted molar refractivity (Wildman–Crippen MR) is 43.4 cm³/mol. The molecule has 1 rings (SSSR count). The van der Waals surface area contributed by atoms with Gasteiger partial charge in [-0.25, -0.2) is 0 Å². The first-order valence-electron chi connectivity index (χ1n) is 4.22. The Morgan fingerprint density at radius 2 is 2.25 bits per heavy atom.